The molecule has 0 N–H and O–H groups in total. The van der Waals surface area contributed by atoms with Gasteiger partial charge in [-0.1, -0.05) is 83.7 Å². The van der Waals surface area contributed by atoms with Gasteiger partial charge in [0.1, 0.15) is 7.80 Å². The molecule has 3 rings (SSSR count). The molecule has 1 aliphatic carbocycles. The Bertz CT molecular complexity index is 639. The van der Waals surface area contributed by atoms with Crippen LogP contribution in [0.25, 0.3) is 0 Å². The molecule has 1 aliphatic heterocycles. The number of rotatable bonds is 4. The van der Waals surface area contributed by atoms with Gasteiger partial charge in [-0.3, -0.25) is 0 Å². The molecular weight excluding hydrogens is 306 g/mol. The maximum atomic E-state index is 13.0. The van der Waals surface area contributed by atoms with Crippen molar-refractivity contribution < 1.29 is 4.57 Å². The van der Waals surface area contributed by atoms with E-state index in [0.29, 0.717) is 10.3 Å². The van der Waals surface area contributed by atoms with Crippen molar-refractivity contribution in [3.05, 3.63) is 53.4 Å². The van der Waals surface area contributed by atoms with Gasteiger partial charge in [0.15, 0.2) is 0 Å². The molecule has 0 amide bonds. The zero-order chi connectivity index (χ0) is 16.0. The van der Waals surface area contributed by atoms with Crippen LogP contribution in [0.15, 0.2) is 53.4 Å². The van der Waals surface area contributed by atoms with Gasteiger partial charge in [0.2, 0.25) is 0 Å². The molecule has 3 heteroatoms. The summed E-state index contributed by atoms with van der Waals surface area (Å²) in [6, 6.07) is 9.96. The second-order valence-electron chi connectivity index (χ2n) is 7.71. The Labute approximate surface area is 136 Å². The Kier molecular flexibility index (Phi) is 4.26. The maximum absolute atomic E-state index is 13.0. The van der Waals surface area contributed by atoms with Crippen molar-refractivity contribution in [2.75, 3.05) is 6.16 Å². The first kappa shape index (κ1) is 16.2. The minimum absolute atomic E-state index is 0.0361. The predicted molar refractivity (Wildman–Crippen MR) is 100 cm³/mol. The van der Waals surface area contributed by atoms with E-state index in [4.69, 9.17) is 0 Å². The quantitative estimate of drug-likeness (QED) is 0.663. The van der Waals surface area contributed by atoms with Crippen LogP contribution in [-0.4, -0.2) is 16.5 Å². The summed E-state index contributed by atoms with van der Waals surface area (Å²) in [5.74, 6) is 0. The van der Waals surface area contributed by atoms with Crippen molar-refractivity contribution in [2.24, 2.45) is 0 Å². The number of allylic oxidation sites excluding steroid dienone is 4. The van der Waals surface area contributed by atoms with Crippen molar-refractivity contribution in [3.63, 3.8) is 0 Å². The van der Waals surface area contributed by atoms with Gasteiger partial charge in [0, 0.05) is 10.6 Å². The summed E-state index contributed by atoms with van der Waals surface area (Å²) in [4.78, 5) is 0. The first-order valence-electron chi connectivity index (χ1n) is 8.07. The van der Waals surface area contributed by atoms with Gasteiger partial charge in [-0.15, -0.1) is 0 Å². The molecule has 22 heavy (non-hydrogen) atoms. The Morgan fingerprint density at radius 1 is 1.09 bits per heavy atom. The molecular formula is C19H26OP2. The zero-order valence-electron chi connectivity index (χ0n) is 14.0. The molecule has 1 fully saturated rings. The van der Waals surface area contributed by atoms with Crippen LogP contribution in [0, 0.1) is 0 Å². The molecule has 0 bridgehead atoms. The minimum Gasteiger partial charge on any atom is -0.317 e. The fourth-order valence-electron chi connectivity index (χ4n) is 4.27. The van der Waals surface area contributed by atoms with Crippen LogP contribution in [0.3, 0.4) is 0 Å². The van der Waals surface area contributed by atoms with Gasteiger partial charge in [0.05, 0.1) is 0 Å². The van der Waals surface area contributed by atoms with Crippen molar-refractivity contribution >= 4 is 21.0 Å². The van der Waals surface area contributed by atoms with Crippen LogP contribution in [0.2, 0.25) is 0 Å². The van der Waals surface area contributed by atoms with Gasteiger partial charge in [-0.05, 0) is 29.3 Å². The molecule has 1 nitrogen and oxygen atoms in total. The van der Waals surface area contributed by atoms with Gasteiger partial charge in [-0.25, -0.2) is 0 Å². The van der Waals surface area contributed by atoms with Crippen LogP contribution in [0.4, 0.5) is 0 Å². The molecule has 2 aliphatic rings. The van der Waals surface area contributed by atoms with Crippen molar-refractivity contribution in [2.45, 2.75) is 50.8 Å². The smallest absolute Gasteiger partial charge is 0.131 e. The third-order valence-electron chi connectivity index (χ3n) is 4.99. The topological polar surface area (TPSA) is 17.1 Å². The first-order chi connectivity index (χ1) is 10.3. The van der Waals surface area contributed by atoms with E-state index in [2.05, 4.69) is 39.8 Å². The number of benzene rings is 1. The van der Waals surface area contributed by atoms with E-state index in [-0.39, 0.29) is 7.92 Å². The fourth-order valence-corrected chi connectivity index (χ4v) is 10.1. The average molecular weight is 332 g/mol. The second-order valence-corrected chi connectivity index (χ2v) is 13.1. The van der Waals surface area contributed by atoms with Crippen LogP contribution in [0.5, 0.6) is 0 Å². The summed E-state index contributed by atoms with van der Waals surface area (Å²) in [6.07, 6.45) is 7.81. The Balaban J connectivity index is 1.85. The van der Waals surface area contributed by atoms with Crippen LogP contribution >= 0.6 is 15.7 Å². The summed E-state index contributed by atoms with van der Waals surface area (Å²) >= 11 is 0. The van der Waals surface area contributed by atoms with E-state index in [1.165, 1.54) is 18.2 Å². The molecule has 0 saturated carbocycles. The fraction of sp³-hybridized carbons (Fsp3) is 0.474. The summed E-state index contributed by atoms with van der Waals surface area (Å²) in [6.45, 7) is 9.64. The van der Waals surface area contributed by atoms with Crippen molar-refractivity contribution in [1.82, 2.24) is 0 Å². The summed E-state index contributed by atoms with van der Waals surface area (Å²) < 4.78 is 13.0. The third kappa shape index (κ3) is 2.91. The number of hydrogen-bond donors (Lipinski definition) is 0. The molecule has 0 radical (unpaired) electrons. The maximum Gasteiger partial charge on any atom is 0.131 e. The lowest BCUT2D eigenvalue weighted by atomic mass is 9.96. The highest BCUT2D eigenvalue weighted by atomic mass is 31.1. The monoisotopic (exact) mass is 332 g/mol. The van der Waals surface area contributed by atoms with E-state index in [1.807, 2.05) is 30.3 Å². The van der Waals surface area contributed by atoms with Crippen LogP contribution < -0.4 is 5.30 Å². The molecule has 0 spiro atoms. The molecule has 0 aromatic heterocycles. The molecule has 118 valence electrons. The van der Waals surface area contributed by atoms with Gasteiger partial charge in [-0.2, -0.15) is 0 Å². The predicted octanol–water partition coefficient (Wildman–Crippen LogP) is 5.53. The Morgan fingerprint density at radius 2 is 1.73 bits per heavy atom. The van der Waals surface area contributed by atoms with Crippen molar-refractivity contribution in [1.29, 1.82) is 0 Å². The van der Waals surface area contributed by atoms with Crippen LogP contribution in [0.1, 0.15) is 40.5 Å². The third-order valence-corrected chi connectivity index (χ3v) is 10.8. The van der Waals surface area contributed by atoms with Crippen LogP contribution in [-0.2, 0) is 4.57 Å². The van der Waals surface area contributed by atoms with Crippen molar-refractivity contribution in [3.8, 4) is 0 Å². The molecule has 1 saturated heterocycles. The summed E-state index contributed by atoms with van der Waals surface area (Å²) in [5.41, 5.74) is 1.44. The lowest BCUT2D eigenvalue weighted by Crippen LogP contribution is -2.46. The highest BCUT2D eigenvalue weighted by Crippen LogP contribution is 2.74. The Morgan fingerprint density at radius 3 is 2.32 bits per heavy atom. The molecule has 1 atom stereocenters. The van der Waals surface area contributed by atoms with E-state index < -0.39 is 7.80 Å². The summed E-state index contributed by atoms with van der Waals surface area (Å²) in [7, 11) is -1.88. The highest BCUT2D eigenvalue weighted by molar-refractivity contribution is 7.63. The number of hydrogen-bond acceptors (Lipinski definition) is 1. The average Bonchev–Trinajstić information content (AvgIpc) is 2.92. The van der Waals surface area contributed by atoms with E-state index in [1.54, 1.807) is 0 Å². The minimum atomic E-state index is -1.84. The normalized spacial score (nSPS) is 24.4. The second kappa shape index (κ2) is 5.77. The van der Waals surface area contributed by atoms with E-state index in [0.717, 1.165) is 17.0 Å². The zero-order valence-corrected chi connectivity index (χ0v) is 15.9. The van der Waals surface area contributed by atoms with E-state index in [9.17, 15) is 4.57 Å². The van der Waals surface area contributed by atoms with Gasteiger partial charge >= 0.3 is 0 Å². The van der Waals surface area contributed by atoms with E-state index >= 15 is 0 Å². The van der Waals surface area contributed by atoms with Gasteiger partial charge < -0.3 is 4.57 Å². The molecule has 1 aromatic rings. The molecule has 1 unspecified atom stereocenters. The molecule has 1 aromatic carbocycles. The molecule has 1 heterocycles. The Hall–Kier alpha value is -0.640. The lowest BCUT2D eigenvalue weighted by Gasteiger charge is -2.58. The standard InChI is InChI=1S/C19H26OP2/c1-18(2)14-19(3,4)21(18)13-15-9-8-12-17(15)22(20)16-10-6-5-7-11-16/h5-8,10-12,22H,9,13-14H2,1-4H3. The highest BCUT2D eigenvalue weighted by Gasteiger charge is 2.52. The lowest BCUT2D eigenvalue weighted by molar-refractivity contribution is 0.449. The summed E-state index contributed by atoms with van der Waals surface area (Å²) in [5, 5.41) is 3.08. The largest absolute Gasteiger partial charge is 0.317 e. The SMILES string of the molecule is CC1(C)CC(C)(C)P1CC1=C([PH](=O)c2ccccc2)C=CC1. The van der Waals surface area contributed by atoms with Gasteiger partial charge in [0.25, 0.3) is 0 Å². The first-order valence-corrected chi connectivity index (χ1v) is 11.0.